The Hall–Kier alpha value is -2.49. The summed E-state index contributed by atoms with van der Waals surface area (Å²) in [6.45, 7) is 1.29. The van der Waals surface area contributed by atoms with Gasteiger partial charge in [0, 0.05) is 5.56 Å². The van der Waals surface area contributed by atoms with E-state index in [-0.39, 0.29) is 21.3 Å². The number of alkyl halides is 3. The normalized spacial score (nSPS) is 11.3. The van der Waals surface area contributed by atoms with Gasteiger partial charge in [-0.1, -0.05) is 6.07 Å². The topological polar surface area (TPSA) is 85.1 Å². The van der Waals surface area contributed by atoms with Crippen molar-refractivity contribution in [1.82, 2.24) is 4.98 Å². The highest BCUT2D eigenvalue weighted by molar-refractivity contribution is 7.18. The molecule has 0 radical (unpaired) electrons. The van der Waals surface area contributed by atoms with E-state index in [0.717, 1.165) is 12.3 Å². The molecule has 0 aliphatic carbocycles. The molecule has 2 aromatic rings. The SMILES string of the molecule is Cc1ccc(C(=O)Nc2ncc([N+](=O)[O-])s2)cc1C(F)(F)F. The van der Waals surface area contributed by atoms with Gasteiger partial charge in [-0.05, 0) is 36.0 Å². The third kappa shape index (κ3) is 3.39. The molecule has 0 unspecified atom stereocenters. The van der Waals surface area contributed by atoms with Gasteiger partial charge in [0.05, 0.1) is 10.5 Å². The average molecular weight is 331 g/mol. The minimum absolute atomic E-state index is 0.00561. The summed E-state index contributed by atoms with van der Waals surface area (Å²) in [5.41, 5.74) is -1.13. The summed E-state index contributed by atoms with van der Waals surface area (Å²) in [5, 5.41) is 12.4. The van der Waals surface area contributed by atoms with E-state index in [1.165, 1.54) is 19.1 Å². The summed E-state index contributed by atoms with van der Waals surface area (Å²) >= 11 is 0.613. The fourth-order valence-corrected chi connectivity index (χ4v) is 2.27. The van der Waals surface area contributed by atoms with E-state index < -0.39 is 22.6 Å². The predicted octanol–water partition coefficient (Wildman–Crippen LogP) is 3.63. The number of aryl methyl sites for hydroxylation is 1. The van der Waals surface area contributed by atoms with Crippen LogP contribution in [0.4, 0.5) is 23.3 Å². The number of thiazole rings is 1. The molecular formula is C12H8F3N3O3S. The molecule has 1 aromatic carbocycles. The molecule has 0 aliphatic rings. The number of amides is 1. The quantitative estimate of drug-likeness (QED) is 0.687. The van der Waals surface area contributed by atoms with Crippen molar-refractivity contribution >= 4 is 27.4 Å². The molecule has 0 aliphatic heterocycles. The van der Waals surface area contributed by atoms with Crippen molar-refractivity contribution < 1.29 is 22.9 Å². The molecule has 0 fully saturated rings. The number of carbonyl (C=O) groups excluding carboxylic acids is 1. The lowest BCUT2D eigenvalue weighted by atomic mass is 10.0. The van der Waals surface area contributed by atoms with Crippen LogP contribution in [0.5, 0.6) is 0 Å². The maximum absolute atomic E-state index is 12.8. The van der Waals surface area contributed by atoms with Crippen molar-refractivity contribution in [3.8, 4) is 0 Å². The van der Waals surface area contributed by atoms with Crippen molar-refractivity contribution in [3.63, 3.8) is 0 Å². The highest BCUT2D eigenvalue weighted by atomic mass is 32.1. The maximum Gasteiger partial charge on any atom is 0.416 e. The highest BCUT2D eigenvalue weighted by Crippen LogP contribution is 2.32. The Balaban J connectivity index is 2.24. The Morgan fingerprint density at radius 3 is 2.64 bits per heavy atom. The summed E-state index contributed by atoms with van der Waals surface area (Å²) in [6, 6.07) is 3.15. The Kier molecular flexibility index (Phi) is 4.13. The number of anilines is 1. The molecule has 0 bridgehead atoms. The van der Waals surface area contributed by atoms with Gasteiger partial charge in [0.25, 0.3) is 5.91 Å². The zero-order valence-corrected chi connectivity index (χ0v) is 11.8. The van der Waals surface area contributed by atoms with Crippen molar-refractivity contribution in [2.45, 2.75) is 13.1 Å². The van der Waals surface area contributed by atoms with Gasteiger partial charge in [-0.25, -0.2) is 4.98 Å². The first-order chi connectivity index (χ1) is 10.2. The lowest BCUT2D eigenvalue weighted by Crippen LogP contribution is -2.14. The number of nitrogens with one attached hydrogen (secondary N) is 1. The van der Waals surface area contributed by atoms with Gasteiger partial charge in [-0.15, -0.1) is 0 Å². The van der Waals surface area contributed by atoms with E-state index in [0.29, 0.717) is 11.3 Å². The molecular weight excluding hydrogens is 323 g/mol. The van der Waals surface area contributed by atoms with Crippen molar-refractivity contribution in [2.75, 3.05) is 5.32 Å². The van der Waals surface area contributed by atoms with Crippen LogP contribution in [0.25, 0.3) is 0 Å². The number of nitro groups is 1. The first-order valence-electron chi connectivity index (χ1n) is 5.78. The van der Waals surface area contributed by atoms with Crippen LogP contribution in [-0.2, 0) is 6.18 Å². The van der Waals surface area contributed by atoms with Crippen LogP contribution in [-0.4, -0.2) is 15.8 Å². The molecule has 22 heavy (non-hydrogen) atoms. The van der Waals surface area contributed by atoms with E-state index in [4.69, 9.17) is 0 Å². The second kappa shape index (κ2) is 5.72. The number of carbonyl (C=O) groups is 1. The lowest BCUT2D eigenvalue weighted by molar-refractivity contribution is -0.380. The Labute approximate surface area is 125 Å². The van der Waals surface area contributed by atoms with E-state index >= 15 is 0 Å². The number of nitrogens with zero attached hydrogens (tertiary/aromatic N) is 2. The molecule has 1 heterocycles. The van der Waals surface area contributed by atoms with Crippen LogP contribution in [0, 0.1) is 17.0 Å². The van der Waals surface area contributed by atoms with Crippen LogP contribution in [0.3, 0.4) is 0 Å². The summed E-state index contributed by atoms with van der Waals surface area (Å²) in [6.07, 6.45) is -3.61. The van der Waals surface area contributed by atoms with Gasteiger partial charge < -0.3 is 0 Å². The molecule has 10 heteroatoms. The fourth-order valence-electron chi connectivity index (χ4n) is 1.65. The third-order valence-electron chi connectivity index (χ3n) is 2.70. The summed E-state index contributed by atoms with van der Waals surface area (Å²) < 4.78 is 38.4. The molecule has 116 valence electrons. The van der Waals surface area contributed by atoms with Crippen molar-refractivity contribution in [3.05, 3.63) is 51.2 Å². The Morgan fingerprint density at radius 2 is 2.09 bits per heavy atom. The average Bonchev–Trinajstić information content (AvgIpc) is 2.86. The Morgan fingerprint density at radius 1 is 1.41 bits per heavy atom. The third-order valence-corrected chi connectivity index (χ3v) is 3.56. The molecule has 2 rings (SSSR count). The molecule has 0 saturated carbocycles. The zero-order chi connectivity index (χ0) is 16.5. The van der Waals surface area contributed by atoms with Crippen LogP contribution in [0.1, 0.15) is 21.5 Å². The first kappa shape index (κ1) is 15.9. The maximum atomic E-state index is 12.8. The first-order valence-corrected chi connectivity index (χ1v) is 6.59. The van der Waals surface area contributed by atoms with Gasteiger partial charge in [0.1, 0.15) is 6.20 Å². The molecule has 1 N–H and O–H groups in total. The fraction of sp³-hybridized carbons (Fsp3) is 0.167. The Bertz CT molecular complexity index is 743. The van der Waals surface area contributed by atoms with Gasteiger partial charge >= 0.3 is 11.2 Å². The second-order valence-electron chi connectivity index (χ2n) is 4.24. The number of hydrogen-bond donors (Lipinski definition) is 1. The highest BCUT2D eigenvalue weighted by Gasteiger charge is 2.33. The second-order valence-corrected chi connectivity index (χ2v) is 5.25. The predicted molar refractivity (Wildman–Crippen MR) is 72.9 cm³/mol. The lowest BCUT2D eigenvalue weighted by Gasteiger charge is -2.11. The van der Waals surface area contributed by atoms with E-state index in [1.807, 2.05) is 0 Å². The minimum atomic E-state index is -4.57. The molecule has 0 saturated heterocycles. The van der Waals surface area contributed by atoms with Gasteiger partial charge in [0.2, 0.25) is 0 Å². The van der Waals surface area contributed by atoms with Crippen LogP contribution in [0.2, 0.25) is 0 Å². The zero-order valence-electron chi connectivity index (χ0n) is 11.0. The number of aromatic nitrogens is 1. The molecule has 0 spiro atoms. The number of rotatable bonds is 3. The van der Waals surface area contributed by atoms with Crippen LogP contribution >= 0.6 is 11.3 Å². The number of halogens is 3. The summed E-state index contributed by atoms with van der Waals surface area (Å²) in [7, 11) is 0. The largest absolute Gasteiger partial charge is 0.416 e. The van der Waals surface area contributed by atoms with Crippen LogP contribution < -0.4 is 5.32 Å². The molecule has 1 aromatic heterocycles. The summed E-state index contributed by atoms with van der Waals surface area (Å²) in [4.78, 5) is 25.3. The van der Waals surface area contributed by atoms with Gasteiger partial charge in [-0.2, -0.15) is 13.2 Å². The summed E-state index contributed by atoms with van der Waals surface area (Å²) in [5.74, 6) is -0.824. The van der Waals surface area contributed by atoms with E-state index in [1.54, 1.807) is 0 Å². The standard InChI is InChI=1S/C12H8F3N3O3S/c1-6-2-3-7(4-8(6)12(13,14)15)10(19)17-11-16-5-9(22-11)18(20)21/h2-5H,1H3,(H,16,17,19). The van der Waals surface area contributed by atoms with Crippen molar-refractivity contribution in [2.24, 2.45) is 0 Å². The molecule has 6 nitrogen and oxygen atoms in total. The smallest absolute Gasteiger partial charge is 0.298 e. The number of hydrogen-bond acceptors (Lipinski definition) is 5. The van der Waals surface area contributed by atoms with Crippen LogP contribution in [0.15, 0.2) is 24.4 Å². The van der Waals surface area contributed by atoms with E-state index in [9.17, 15) is 28.1 Å². The molecule has 0 atom stereocenters. The van der Waals surface area contributed by atoms with Gasteiger partial charge in [0.15, 0.2) is 5.13 Å². The van der Waals surface area contributed by atoms with Gasteiger partial charge in [-0.3, -0.25) is 20.2 Å². The van der Waals surface area contributed by atoms with E-state index in [2.05, 4.69) is 10.3 Å². The minimum Gasteiger partial charge on any atom is -0.298 e. The molecule has 1 amide bonds. The monoisotopic (exact) mass is 331 g/mol. The number of benzene rings is 1. The van der Waals surface area contributed by atoms with Crippen molar-refractivity contribution in [1.29, 1.82) is 0 Å².